The van der Waals surface area contributed by atoms with Gasteiger partial charge in [0.2, 0.25) is 0 Å². The highest BCUT2D eigenvalue weighted by atomic mass is 32.1. The quantitative estimate of drug-likeness (QED) is 0.644. The van der Waals surface area contributed by atoms with E-state index in [0.29, 0.717) is 12.0 Å². The number of thiophene rings is 1. The number of rotatable bonds is 5. The van der Waals surface area contributed by atoms with Gasteiger partial charge in [-0.1, -0.05) is 13.0 Å². The van der Waals surface area contributed by atoms with E-state index in [1.807, 2.05) is 11.6 Å². The maximum absolute atomic E-state index is 4.78. The van der Waals surface area contributed by atoms with Crippen LogP contribution in [0.1, 0.15) is 42.7 Å². The van der Waals surface area contributed by atoms with Crippen LogP contribution in [0.15, 0.2) is 22.5 Å². The van der Waals surface area contributed by atoms with Crippen molar-refractivity contribution in [1.82, 2.24) is 25.4 Å². The highest BCUT2D eigenvalue weighted by molar-refractivity contribution is 7.10. The highest BCUT2D eigenvalue weighted by Gasteiger charge is 2.21. The Balaban J connectivity index is 1.60. The molecular weight excluding hydrogens is 320 g/mol. The Bertz CT molecular complexity index is 675. The van der Waals surface area contributed by atoms with Crippen molar-refractivity contribution < 1.29 is 0 Å². The second kappa shape index (κ2) is 7.79. The number of nitrogens with zero attached hydrogens (tertiary/aromatic N) is 4. The Labute approximate surface area is 147 Å². The molecular formula is C17H26N6S. The Morgan fingerprint density at radius 3 is 3.17 bits per heavy atom. The van der Waals surface area contributed by atoms with Crippen molar-refractivity contribution in [3.05, 3.63) is 34.0 Å². The minimum Gasteiger partial charge on any atom is -0.357 e. The molecule has 3 heterocycles. The Hall–Kier alpha value is -1.89. The lowest BCUT2D eigenvalue weighted by Gasteiger charge is -2.25. The smallest absolute Gasteiger partial charge is 0.191 e. The first kappa shape index (κ1) is 17.0. The molecule has 7 heteroatoms. The molecule has 2 atom stereocenters. The summed E-state index contributed by atoms with van der Waals surface area (Å²) < 4.78 is 2.02. The number of hydrogen-bond donors (Lipinski definition) is 2. The molecule has 2 aromatic rings. The summed E-state index contributed by atoms with van der Waals surface area (Å²) in [7, 11) is 0. The lowest BCUT2D eigenvalue weighted by atomic mass is 10.1. The topological polar surface area (TPSA) is 67.1 Å². The van der Waals surface area contributed by atoms with E-state index < -0.39 is 0 Å². The minimum atomic E-state index is 0.341. The average molecular weight is 347 g/mol. The molecule has 0 bridgehead atoms. The molecule has 2 N–H and O–H groups in total. The van der Waals surface area contributed by atoms with Crippen molar-refractivity contribution in [3.63, 3.8) is 0 Å². The largest absolute Gasteiger partial charge is 0.357 e. The van der Waals surface area contributed by atoms with Crippen molar-refractivity contribution in [3.8, 4) is 0 Å². The molecule has 0 spiro atoms. The van der Waals surface area contributed by atoms with Crippen LogP contribution >= 0.6 is 11.3 Å². The summed E-state index contributed by atoms with van der Waals surface area (Å²) in [4.78, 5) is 10.6. The third-order valence-corrected chi connectivity index (χ3v) is 5.31. The molecule has 0 saturated carbocycles. The van der Waals surface area contributed by atoms with Crippen LogP contribution in [0.25, 0.3) is 0 Å². The molecule has 1 aliphatic heterocycles. The van der Waals surface area contributed by atoms with Crippen LogP contribution in [0.4, 0.5) is 0 Å². The van der Waals surface area contributed by atoms with Crippen molar-refractivity contribution in [1.29, 1.82) is 0 Å². The van der Waals surface area contributed by atoms with E-state index in [1.54, 1.807) is 11.3 Å². The van der Waals surface area contributed by atoms with Crippen LogP contribution in [0.3, 0.4) is 0 Å². The molecule has 0 aromatic carbocycles. The summed E-state index contributed by atoms with van der Waals surface area (Å²) in [6.07, 6.45) is 2.02. The van der Waals surface area contributed by atoms with Crippen molar-refractivity contribution in [2.24, 2.45) is 4.99 Å². The number of nitrogens with one attached hydrogen (secondary N) is 2. The molecule has 0 saturated heterocycles. The van der Waals surface area contributed by atoms with Gasteiger partial charge in [0.15, 0.2) is 5.96 Å². The fourth-order valence-electron chi connectivity index (χ4n) is 2.95. The van der Waals surface area contributed by atoms with Crippen LogP contribution < -0.4 is 10.6 Å². The fraction of sp³-hybridized carbons (Fsp3) is 0.588. The zero-order chi connectivity index (χ0) is 16.9. The molecule has 0 fully saturated rings. The lowest BCUT2D eigenvalue weighted by Crippen LogP contribution is -2.47. The van der Waals surface area contributed by atoms with Gasteiger partial charge in [0.1, 0.15) is 11.6 Å². The molecule has 2 unspecified atom stereocenters. The number of guanidine groups is 1. The standard InChI is InChI=1S/C17H26N6S/c1-4-18-17(19-10-12(2)15-6-5-9-24-15)21-14-7-8-16-20-13(3)22-23(16)11-14/h5-6,9,12,14H,4,7-8,10-11H2,1-3H3,(H2,18,19,21). The number of hydrogen-bond acceptors (Lipinski definition) is 4. The van der Waals surface area contributed by atoms with Crippen LogP contribution in [0, 0.1) is 6.92 Å². The molecule has 0 amide bonds. The van der Waals surface area contributed by atoms with E-state index in [9.17, 15) is 0 Å². The fourth-order valence-corrected chi connectivity index (χ4v) is 3.73. The van der Waals surface area contributed by atoms with E-state index in [2.05, 4.69) is 52.1 Å². The Morgan fingerprint density at radius 2 is 2.42 bits per heavy atom. The predicted octanol–water partition coefficient (Wildman–Crippen LogP) is 2.32. The Morgan fingerprint density at radius 1 is 1.54 bits per heavy atom. The number of aryl methyl sites for hydroxylation is 2. The third kappa shape index (κ3) is 4.14. The molecule has 0 aliphatic carbocycles. The average Bonchev–Trinajstić information content (AvgIpc) is 3.20. The van der Waals surface area contributed by atoms with Crippen LogP contribution in [0.2, 0.25) is 0 Å². The van der Waals surface area contributed by atoms with Crippen LogP contribution in [-0.2, 0) is 13.0 Å². The molecule has 6 nitrogen and oxygen atoms in total. The number of aromatic nitrogens is 3. The first-order valence-corrected chi connectivity index (χ1v) is 9.52. The van der Waals surface area contributed by atoms with Crippen molar-refractivity contribution in [2.75, 3.05) is 13.1 Å². The lowest BCUT2D eigenvalue weighted by molar-refractivity contribution is 0.392. The minimum absolute atomic E-state index is 0.341. The number of aliphatic imine (C=N–C) groups is 1. The highest BCUT2D eigenvalue weighted by Crippen LogP contribution is 2.20. The van der Waals surface area contributed by atoms with Crippen molar-refractivity contribution in [2.45, 2.75) is 52.1 Å². The maximum Gasteiger partial charge on any atom is 0.191 e. The van der Waals surface area contributed by atoms with Gasteiger partial charge in [-0.15, -0.1) is 11.3 Å². The molecule has 0 radical (unpaired) electrons. The van der Waals surface area contributed by atoms with Gasteiger partial charge in [-0.25, -0.2) is 9.67 Å². The van der Waals surface area contributed by atoms with E-state index in [1.165, 1.54) is 4.88 Å². The summed E-state index contributed by atoms with van der Waals surface area (Å²) in [5, 5.41) is 13.5. The third-order valence-electron chi connectivity index (χ3n) is 4.20. The van der Waals surface area contributed by atoms with Gasteiger partial charge in [-0.2, -0.15) is 5.10 Å². The molecule has 1 aliphatic rings. The molecule has 2 aromatic heterocycles. The zero-order valence-electron chi connectivity index (χ0n) is 14.6. The summed E-state index contributed by atoms with van der Waals surface area (Å²) in [5.41, 5.74) is 0. The second-order valence-corrected chi connectivity index (χ2v) is 7.25. The summed E-state index contributed by atoms with van der Waals surface area (Å²) >= 11 is 1.80. The van der Waals surface area contributed by atoms with E-state index in [4.69, 9.17) is 4.99 Å². The SMILES string of the molecule is CCNC(=NCC(C)c1cccs1)NC1CCc2nc(C)nn2C1. The first-order chi connectivity index (χ1) is 11.7. The van der Waals surface area contributed by atoms with Crippen LogP contribution in [0.5, 0.6) is 0 Å². The van der Waals surface area contributed by atoms with Gasteiger partial charge in [0, 0.05) is 29.8 Å². The van der Waals surface area contributed by atoms with Gasteiger partial charge >= 0.3 is 0 Å². The first-order valence-electron chi connectivity index (χ1n) is 8.64. The second-order valence-electron chi connectivity index (χ2n) is 6.27. The summed E-state index contributed by atoms with van der Waals surface area (Å²) in [6.45, 7) is 8.77. The van der Waals surface area contributed by atoms with Gasteiger partial charge in [-0.05, 0) is 31.7 Å². The Kier molecular flexibility index (Phi) is 5.50. The van der Waals surface area contributed by atoms with Gasteiger partial charge in [0.25, 0.3) is 0 Å². The monoisotopic (exact) mass is 346 g/mol. The van der Waals surface area contributed by atoms with Crippen LogP contribution in [-0.4, -0.2) is 39.9 Å². The summed E-state index contributed by atoms with van der Waals surface area (Å²) in [6, 6.07) is 4.62. The maximum atomic E-state index is 4.78. The molecule has 24 heavy (non-hydrogen) atoms. The van der Waals surface area contributed by atoms with E-state index >= 15 is 0 Å². The van der Waals surface area contributed by atoms with Crippen molar-refractivity contribution >= 4 is 17.3 Å². The van der Waals surface area contributed by atoms with E-state index in [0.717, 1.165) is 50.1 Å². The molecule has 3 rings (SSSR count). The van der Waals surface area contributed by atoms with Gasteiger partial charge in [0.05, 0.1) is 13.1 Å². The number of fused-ring (bicyclic) bond motifs is 1. The van der Waals surface area contributed by atoms with E-state index in [-0.39, 0.29) is 0 Å². The normalized spacial score (nSPS) is 19.0. The zero-order valence-corrected chi connectivity index (χ0v) is 15.4. The van der Waals surface area contributed by atoms with Gasteiger partial charge < -0.3 is 10.6 Å². The van der Waals surface area contributed by atoms with Gasteiger partial charge in [-0.3, -0.25) is 4.99 Å². The summed E-state index contributed by atoms with van der Waals surface area (Å²) in [5.74, 6) is 3.29. The predicted molar refractivity (Wildman–Crippen MR) is 98.7 cm³/mol. The molecule has 130 valence electrons.